The smallest absolute Gasteiger partial charge is 0.335 e. The summed E-state index contributed by atoms with van der Waals surface area (Å²) >= 11 is 0. The summed E-state index contributed by atoms with van der Waals surface area (Å²) in [4.78, 5) is 91.4. The largest absolute Gasteiger partial charge is 0.481 e. The number of aliphatic hydroxyl groups is 3. The zero-order chi connectivity index (χ0) is 43.9. The van der Waals surface area contributed by atoms with Crippen molar-refractivity contribution in [3.8, 4) is 5.75 Å². The molecule has 22 heteroatoms. The average Bonchev–Trinajstić information content (AvgIpc) is 3.19. The van der Waals surface area contributed by atoms with Crippen molar-refractivity contribution in [2.45, 2.75) is 102 Å². The maximum atomic E-state index is 13.6. The van der Waals surface area contributed by atoms with Crippen LogP contribution in [-0.4, -0.2) is 150 Å². The normalized spacial score (nSPS) is 19.8. The first-order valence-electron chi connectivity index (χ1n) is 19.0. The summed E-state index contributed by atoms with van der Waals surface area (Å²) in [6, 6.07) is 2.89. The highest BCUT2D eigenvalue weighted by Crippen LogP contribution is 2.28. The predicted octanol–water partition coefficient (Wildman–Crippen LogP) is -1.70. The second-order valence-corrected chi connectivity index (χ2v) is 13.5. The third-order valence-electron chi connectivity index (χ3n) is 8.71. The van der Waals surface area contributed by atoms with Crippen LogP contribution in [0.15, 0.2) is 18.2 Å². The molecule has 1 aromatic rings. The van der Waals surface area contributed by atoms with Gasteiger partial charge in [0.15, 0.2) is 11.9 Å². The van der Waals surface area contributed by atoms with E-state index in [1.165, 1.54) is 25.1 Å². The SMILES string of the molecule is CCCOCCOCC(=O)N[C@@H](CCCCNC(=O)c1cc(COC(C)=O)ccc1O[C@@H]1O[C@H](C(=O)O)[C@@H](O)[C@H](O)[C@H]1O)C(=O)C[C@@H](CCC(=O)O)C(=O)NCCON. The third kappa shape index (κ3) is 18.3. The maximum Gasteiger partial charge on any atom is 0.335 e. The van der Waals surface area contributed by atoms with Crippen molar-refractivity contribution in [3.63, 3.8) is 0 Å². The number of esters is 1. The summed E-state index contributed by atoms with van der Waals surface area (Å²) in [5.41, 5.74) is 0.182. The number of hydrogen-bond acceptors (Lipinski definition) is 17. The van der Waals surface area contributed by atoms with Crippen molar-refractivity contribution < 1.29 is 87.6 Å². The van der Waals surface area contributed by atoms with E-state index in [2.05, 4.69) is 20.8 Å². The minimum absolute atomic E-state index is 0.00355. The van der Waals surface area contributed by atoms with Crippen LogP contribution >= 0.6 is 0 Å². The number of carbonyl (C=O) groups is 7. The summed E-state index contributed by atoms with van der Waals surface area (Å²) in [5, 5.41) is 57.1. The van der Waals surface area contributed by atoms with E-state index < -0.39 is 104 Å². The summed E-state index contributed by atoms with van der Waals surface area (Å²) in [6.07, 6.45) is -9.29. The van der Waals surface area contributed by atoms with Crippen molar-refractivity contribution in [1.29, 1.82) is 0 Å². The fraction of sp³-hybridized carbons (Fsp3) is 0.649. The Morgan fingerprint density at radius 1 is 0.881 bits per heavy atom. The molecule has 0 spiro atoms. The molecule has 1 saturated heterocycles. The Morgan fingerprint density at radius 3 is 2.27 bits per heavy atom. The minimum Gasteiger partial charge on any atom is -0.481 e. The molecule has 10 N–H and O–H groups in total. The summed E-state index contributed by atoms with van der Waals surface area (Å²) in [6.45, 7) is 3.38. The highest BCUT2D eigenvalue weighted by molar-refractivity contribution is 5.97. The number of amides is 3. The molecule has 22 nitrogen and oxygen atoms in total. The Hall–Kier alpha value is -4.81. The fourth-order valence-corrected chi connectivity index (χ4v) is 5.64. The van der Waals surface area contributed by atoms with E-state index in [1.54, 1.807) is 0 Å². The average molecular weight is 845 g/mol. The van der Waals surface area contributed by atoms with Gasteiger partial charge >= 0.3 is 17.9 Å². The number of carboxylic acids is 2. The van der Waals surface area contributed by atoms with Gasteiger partial charge in [0.25, 0.3) is 5.91 Å². The molecular formula is C37H56N4O18. The summed E-state index contributed by atoms with van der Waals surface area (Å²) in [5.74, 6) is -2.19. The maximum absolute atomic E-state index is 13.6. The lowest BCUT2D eigenvalue weighted by atomic mass is 9.91. The number of benzene rings is 1. The third-order valence-corrected chi connectivity index (χ3v) is 8.71. The number of nitrogens with one attached hydrogen (secondary N) is 3. The van der Waals surface area contributed by atoms with Gasteiger partial charge in [-0.05, 0) is 49.8 Å². The molecule has 0 radical (unpaired) electrons. The molecule has 0 bridgehead atoms. The number of ketones is 1. The van der Waals surface area contributed by atoms with Crippen molar-refractivity contribution in [3.05, 3.63) is 29.3 Å². The molecule has 1 fully saturated rings. The van der Waals surface area contributed by atoms with Crippen molar-refractivity contribution in [1.82, 2.24) is 16.0 Å². The Labute approximate surface area is 339 Å². The van der Waals surface area contributed by atoms with Gasteiger partial charge < -0.3 is 70.0 Å². The number of carbonyl (C=O) groups excluding carboxylic acids is 5. The van der Waals surface area contributed by atoms with Crippen LogP contribution < -0.4 is 26.6 Å². The number of nitrogens with two attached hydrogens (primary N) is 1. The second-order valence-electron chi connectivity index (χ2n) is 13.5. The Kier molecular flexibility index (Phi) is 23.1. The van der Waals surface area contributed by atoms with E-state index in [-0.39, 0.29) is 76.5 Å². The first kappa shape index (κ1) is 50.3. The number of ether oxygens (including phenoxy) is 5. The van der Waals surface area contributed by atoms with Gasteiger partial charge in [0, 0.05) is 45.4 Å². The van der Waals surface area contributed by atoms with Crippen molar-refractivity contribution in [2.75, 3.05) is 46.1 Å². The molecule has 0 aliphatic carbocycles. The molecule has 59 heavy (non-hydrogen) atoms. The van der Waals surface area contributed by atoms with Crippen LogP contribution in [0.1, 0.15) is 74.7 Å². The molecule has 332 valence electrons. The molecule has 2 rings (SSSR count). The van der Waals surface area contributed by atoms with Crippen LogP contribution in [0.4, 0.5) is 0 Å². The van der Waals surface area contributed by atoms with Crippen LogP contribution in [0.25, 0.3) is 0 Å². The van der Waals surface area contributed by atoms with E-state index in [9.17, 15) is 59.1 Å². The van der Waals surface area contributed by atoms with E-state index in [0.29, 0.717) is 12.2 Å². The molecule has 3 amide bonds. The standard InChI is InChI=1S/C37H56N4O18/c1-3-13-54-15-16-55-20-28(44)41-25(26(43)18-23(8-10-29(45)46)34(50)40-12-14-57-38)6-4-5-11-39-35(51)24-17-22(19-56-21(2)42)7-9-27(24)58-37-32(49)30(47)31(48)33(59-37)36(52)53/h7,9,17,23,25,30-33,37,47-49H,3-6,8,10-16,18-20,38H2,1-2H3,(H,39,51)(H,40,50)(H,41,44)(H,45,46)(H,52,53)/t23-,25+,30+,31+,32-,33+,37-/m1/s1. The number of hydrogen-bond donors (Lipinski definition) is 9. The zero-order valence-electron chi connectivity index (χ0n) is 33.0. The van der Waals surface area contributed by atoms with Crippen molar-refractivity contribution in [2.24, 2.45) is 11.8 Å². The van der Waals surface area contributed by atoms with E-state index in [0.717, 1.165) is 6.42 Å². The first-order valence-corrected chi connectivity index (χ1v) is 19.0. The van der Waals surface area contributed by atoms with Gasteiger partial charge in [-0.3, -0.25) is 28.8 Å². The molecule has 7 atom stereocenters. The quantitative estimate of drug-likeness (QED) is 0.0246. The fourth-order valence-electron chi connectivity index (χ4n) is 5.64. The molecular weight excluding hydrogens is 788 g/mol. The molecule has 0 unspecified atom stereocenters. The molecule has 1 aliphatic heterocycles. The van der Waals surface area contributed by atoms with Gasteiger partial charge in [0.1, 0.15) is 37.3 Å². The molecule has 0 saturated carbocycles. The first-order chi connectivity index (χ1) is 28.1. The Morgan fingerprint density at radius 2 is 1.61 bits per heavy atom. The van der Waals surface area contributed by atoms with Crippen LogP contribution in [-0.2, 0) is 59.2 Å². The highest BCUT2D eigenvalue weighted by atomic mass is 16.7. The predicted molar refractivity (Wildman–Crippen MR) is 200 cm³/mol. The van der Waals surface area contributed by atoms with E-state index in [1.807, 2.05) is 6.92 Å². The van der Waals surface area contributed by atoms with Gasteiger partial charge in [-0.1, -0.05) is 13.0 Å². The topological polar surface area (TPSA) is 338 Å². The molecule has 0 aromatic heterocycles. The number of aliphatic carboxylic acids is 2. The second kappa shape index (κ2) is 27.0. The van der Waals surface area contributed by atoms with Crippen molar-refractivity contribution >= 4 is 41.4 Å². The van der Waals surface area contributed by atoms with Gasteiger partial charge in [-0.15, -0.1) is 0 Å². The van der Waals surface area contributed by atoms with Crippen LogP contribution in [0.2, 0.25) is 0 Å². The van der Waals surface area contributed by atoms with Gasteiger partial charge in [-0.2, -0.15) is 0 Å². The number of rotatable bonds is 29. The van der Waals surface area contributed by atoms with E-state index >= 15 is 0 Å². The van der Waals surface area contributed by atoms with Crippen LogP contribution in [0.3, 0.4) is 0 Å². The summed E-state index contributed by atoms with van der Waals surface area (Å²) < 4.78 is 26.5. The van der Waals surface area contributed by atoms with Crippen LogP contribution in [0.5, 0.6) is 5.75 Å². The van der Waals surface area contributed by atoms with Gasteiger partial charge in [0.05, 0.1) is 31.4 Å². The monoisotopic (exact) mass is 844 g/mol. The van der Waals surface area contributed by atoms with E-state index in [4.69, 9.17) is 29.6 Å². The zero-order valence-corrected chi connectivity index (χ0v) is 33.0. The lowest BCUT2D eigenvalue weighted by Crippen LogP contribution is -2.61. The lowest BCUT2D eigenvalue weighted by molar-refractivity contribution is -0.271. The number of Topliss-reactive ketones (excluding diaryl/α,β-unsaturated/α-hetero) is 1. The molecule has 1 aliphatic rings. The number of aliphatic hydroxyl groups excluding tert-OH is 3. The molecule has 1 heterocycles. The van der Waals surface area contributed by atoms with Crippen LogP contribution in [0, 0.1) is 5.92 Å². The Bertz CT molecular complexity index is 1550. The Balaban J connectivity index is 2.17. The molecule has 1 aromatic carbocycles. The number of carboxylic acid groups (broad SMARTS) is 2. The van der Waals surface area contributed by atoms with Gasteiger partial charge in [-0.25, -0.2) is 10.7 Å². The number of unbranched alkanes of at least 4 members (excludes halogenated alkanes) is 1. The summed E-state index contributed by atoms with van der Waals surface area (Å²) in [7, 11) is 0. The van der Waals surface area contributed by atoms with Gasteiger partial charge in [0.2, 0.25) is 18.1 Å². The minimum atomic E-state index is -1.98. The lowest BCUT2D eigenvalue weighted by Gasteiger charge is -2.38. The highest BCUT2D eigenvalue weighted by Gasteiger charge is 2.48.